The number of nitrogens with zero attached hydrogens (tertiary/aromatic N) is 2. The van der Waals surface area contributed by atoms with E-state index >= 15 is 0 Å². The van der Waals surface area contributed by atoms with Gasteiger partial charge in [0.15, 0.2) is 0 Å². The number of rotatable bonds is 3. The summed E-state index contributed by atoms with van der Waals surface area (Å²) >= 11 is 0. The molecule has 4 heteroatoms. The molecule has 0 unspecified atom stereocenters. The number of hydrogen-bond donors (Lipinski definition) is 0. The largest absolute Gasteiger partial charge is 0.285 e. The molecule has 0 spiro atoms. The van der Waals surface area contributed by atoms with Crippen molar-refractivity contribution < 1.29 is 9.59 Å². The highest BCUT2D eigenvalue weighted by Gasteiger charge is 2.24. The van der Waals surface area contributed by atoms with Crippen molar-refractivity contribution in [2.75, 3.05) is 0 Å². The van der Waals surface area contributed by atoms with Crippen LogP contribution in [0.25, 0.3) is 0 Å². The molecule has 0 N–H and O–H groups in total. The Balaban J connectivity index is 2.41. The van der Waals surface area contributed by atoms with Crippen LogP contribution >= 0.6 is 0 Å². The van der Waals surface area contributed by atoms with Crippen LogP contribution in [0, 0.1) is 13.8 Å². The highest BCUT2D eigenvalue weighted by molar-refractivity contribution is 6.49. The van der Waals surface area contributed by atoms with Gasteiger partial charge in [0, 0.05) is 18.3 Å². The number of ketones is 2. The minimum Gasteiger partial charge on any atom is -0.285 e. The summed E-state index contributed by atoms with van der Waals surface area (Å²) in [6.07, 6.45) is 0. The Hall–Kier alpha value is -2.23. The van der Waals surface area contributed by atoms with Crippen molar-refractivity contribution in [3.63, 3.8) is 0 Å². The molecule has 1 heterocycles. The van der Waals surface area contributed by atoms with Gasteiger partial charge in [-0.3, -0.25) is 14.3 Å². The first-order valence-corrected chi connectivity index (χ1v) is 5.66. The Morgan fingerprint density at radius 3 is 2.17 bits per heavy atom. The molecule has 0 bridgehead atoms. The molecule has 0 saturated heterocycles. The molecule has 0 aliphatic heterocycles. The van der Waals surface area contributed by atoms with Crippen molar-refractivity contribution in [3.8, 4) is 0 Å². The first kappa shape index (κ1) is 12.2. The number of aromatic nitrogens is 2. The fourth-order valence-corrected chi connectivity index (χ4v) is 1.94. The van der Waals surface area contributed by atoms with Crippen LogP contribution in [0.15, 0.2) is 30.3 Å². The highest BCUT2D eigenvalue weighted by atomic mass is 16.2. The summed E-state index contributed by atoms with van der Waals surface area (Å²) < 4.78 is 1.61. The van der Waals surface area contributed by atoms with Gasteiger partial charge in [0.25, 0.3) is 0 Å². The van der Waals surface area contributed by atoms with Gasteiger partial charge in [-0.2, -0.15) is 5.10 Å². The molecule has 0 fully saturated rings. The third-order valence-electron chi connectivity index (χ3n) is 2.98. The average Bonchev–Trinajstić information content (AvgIpc) is 2.63. The number of carbonyl (C=O) groups is 2. The van der Waals surface area contributed by atoms with E-state index in [2.05, 4.69) is 5.10 Å². The van der Waals surface area contributed by atoms with E-state index in [1.54, 1.807) is 49.8 Å². The lowest BCUT2D eigenvalue weighted by molar-refractivity contribution is 0.0816. The predicted octanol–water partition coefficient (Wildman–Crippen LogP) is 2.10. The summed E-state index contributed by atoms with van der Waals surface area (Å²) in [7, 11) is 1.76. The average molecular weight is 242 g/mol. The fraction of sp³-hybridized carbons (Fsp3) is 0.214. The monoisotopic (exact) mass is 242 g/mol. The molecule has 2 rings (SSSR count). The van der Waals surface area contributed by atoms with Crippen molar-refractivity contribution >= 4 is 11.6 Å². The maximum atomic E-state index is 12.2. The summed E-state index contributed by atoms with van der Waals surface area (Å²) in [4.78, 5) is 24.3. The standard InChI is InChI=1S/C14H14N2O2/c1-9-12(10(2)16(3)15-9)14(18)13(17)11-7-5-4-6-8-11/h4-8H,1-3H3. The molecule has 92 valence electrons. The molecule has 0 atom stereocenters. The van der Waals surface area contributed by atoms with Crippen LogP contribution in [0.4, 0.5) is 0 Å². The summed E-state index contributed by atoms with van der Waals surface area (Å²) in [5.74, 6) is -0.987. The Kier molecular flexibility index (Phi) is 3.10. The van der Waals surface area contributed by atoms with Crippen LogP contribution in [0.5, 0.6) is 0 Å². The first-order valence-electron chi connectivity index (χ1n) is 5.66. The first-order chi connectivity index (χ1) is 8.52. The Labute approximate surface area is 105 Å². The zero-order valence-corrected chi connectivity index (χ0v) is 10.6. The minimum absolute atomic E-state index is 0.408. The maximum Gasteiger partial charge on any atom is 0.237 e. The summed E-state index contributed by atoms with van der Waals surface area (Å²) in [5, 5.41) is 4.15. The smallest absolute Gasteiger partial charge is 0.237 e. The zero-order chi connectivity index (χ0) is 13.3. The fourth-order valence-electron chi connectivity index (χ4n) is 1.94. The van der Waals surface area contributed by atoms with Crippen LogP contribution in [-0.4, -0.2) is 21.3 Å². The summed E-state index contributed by atoms with van der Waals surface area (Å²) in [6.45, 7) is 3.52. The van der Waals surface area contributed by atoms with Crippen molar-refractivity contribution in [2.45, 2.75) is 13.8 Å². The van der Waals surface area contributed by atoms with Gasteiger partial charge in [-0.1, -0.05) is 30.3 Å². The van der Waals surface area contributed by atoms with Gasteiger partial charge in [-0.15, -0.1) is 0 Å². The lowest BCUT2D eigenvalue weighted by Gasteiger charge is -2.01. The van der Waals surface area contributed by atoms with E-state index in [1.165, 1.54) is 0 Å². The number of aryl methyl sites for hydroxylation is 2. The maximum absolute atomic E-state index is 12.2. The molecule has 0 aliphatic carbocycles. The molecule has 1 aromatic carbocycles. The van der Waals surface area contributed by atoms with Crippen LogP contribution in [0.1, 0.15) is 32.1 Å². The van der Waals surface area contributed by atoms with Gasteiger partial charge in [0.2, 0.25) is 11.6 Å². The quantitative estimate of drug-likeness (QED) is 0.611. The van der Waals surface area contributed by atoms with Crippen molar-refractivity contribution in [1.29, 1.82) is 0 Å². The molecule has 2 aromatic rings. The van der Waals surface area contributed by atoms with Crippen molar-refractivity contribution in [1.82, 2.24) is 9.78 Å². The molecule has 0 aliphatic rings. The predicted molar refractivity (Wildman–Crippen MR) is 67.8 cm³/mol. The van der Waals surface area contributed by atoms with E-state index in [-0.39, 0.29) is 0 Å². The number of Topliss-reactive ketones (excluding diaryl/α,β-unsaturated/α-hetero) is 2. The lowest BCUT2D eigenvalue weighted by atomic mass is 10.0. The van der Waals surface area contributed by atoms with Gasteiger partial charge < -0.3 is 0 Å². The molecule has 0 radical (unpaired) electrons. The van der Waals surface area contributed by atoms with Crippen LogP contribution in [0.3, 0.4) is 0 Å². The van der Waals surface area contributed by atoms with Crippen LogP contribution in [-0.2, 0) is 7.05 Å². The van der Waals surface area contributed by atoms with Gasteiger partial charge in [-0.05, 0) is 13.8 Å². The highest BCUT2D eigenvalue weighted by Crippen LogP contribution is 2.15. The SMILES string of the molecule is Cc1nn(C)c(C)c1C(=O)C(=O)c1ccccc1. The van der Waals surface area contributed by atoms with E-state index in [0.29, 0.717) is 22.5 Å². The van der Waals surface area contributed by atoms with E-state index in [4.69, 9.17) is 0 Å². The second kappa shape index (κ2) is 4.56. The molecular formula is C14H14N2O2. The summed E-state index contributed by atoms with van der Waals surface area (Å²) in [6, 6.07) is 8.57. The third-order valence-corrected chi connectivity index (χ3v) is 2.98. The lowest BCUT2D eigenvalue weighted by Crippen LogP contribution is -2.16. The molecule has 18 heavy (non-hydrogen) atoms. The van der Waals surface area contributed by atoms with Gasteiger partial charge in [-0.25, -0.2) is 0 Å². The van der Waals surface area contributed by atoms with Gasteiger partial charge in [0.05, 0.1) is 11.3 Å². The van der Waals surface area contributed by atoms with E-state index < -0.39 is 11.6 Å². The van der Waals surface area contributed by atoms with E-state index in [9.17, 15) is 9.59 Å². The van der Waals surface area contributed by atoms with E-state index in [0.717, 1.165) is 0 Å². The Bertz CT molecular complexity index is 612. The van der Waals surface area contributed by atoms with Crippen LogP contribution in [0.2, 0.25) is 0 Å². The third kappa shape index (κ3) is 1.97. The van der Waals surface area contributed by atoms with Crippen LogP contribution < -0.4 is 0 Å². The number of benzene rings is 1. The Morgan fingerprint density at radius 2 is 1.67 bits per heavy atom. The summed E-state index contributed by atoms with van der Waals surface area (Å²) in [5.41, 5.74) is 2.11. The van der Waals surface area contributed by atoms with Gasteiger partial charge >= 0.3 is 0 Å². The topological polar surface area (TPSA) is 52.0 Å². The molecule has 4 nitrogen and oxygen atoms in total. The van der Waals surface area contributed by atoms with Crippen molar-refractivity contribution in [2.24, 2.45) is 7.05 Å². The van der Waals surface area contributed by atoms with Gasteiger partial charge in [0.1, 0.15) is 0 Å². The van der Waals surface area contributed by atoms with Crippen molar-refractivity contribution in [3.05, 3.63) is 52.8 Å². The number of carbonyl (C=O) groups excluding carboxylic acids is 2. The zero-order valence-electron chi connectivity index (χ0n) is 10.6. The molecule has 1 aromatic heterocycles. The molecular weight excluding hydrogens is 228 g/mol. The second-order valence-electron chi connectivity index (χ2n) is 4.19. The number of hydrogen-bond acceptors (Lipinski definition) is 3. The second-order valence-corrected chi connectivity index (χ2v) is 4.19. The molecule has 0 saturated carbocycles. The normalized spacial score (nSPS) is 10.4. The Morgan fingerprint density at radius 1 is 1.06 bits per heavy atom. The minimum atomic E-state index is -0.496. The van der Waals surface area contributed by atoms with E-state index in [1.807, 2.05) is 6.07 Å². The molecule has 0 amide bonds.